The first kappa shape index (κ1) is 27.0. The van der Waals surface area contributed by atoms with Crippen LogP contribution in [0.3, 0.4) is 0 Å². The van der Waals surface area contributed by atoms with Crippen molar-refractivity contribution in [2.24, 2.45) is 0 Å². The maximum absolute atomic E-state index is 5.66. The molecular formula is C26H53O. The quantitative estimate of drug-likeness (QED) is 0.151. The molecule has 163 valence electrons. The van der Waals surface area contributed by atoms with E-state index in [4.69, 9.17) is 4.74 Å². The molecule has 0 aliphatic carbocycles. The van der Waals surface area contributed by atoms with Crippen molar-refractivity contribution < 1.29 is 4.74 Å². The summed E-state index contributed by atoms with van der Waals surface area (Å²) in [5.41, 5.74) is 0. The van der Waals surface area contributed by atoms with Gasteiger partial charge in [0.1, 0.15) is 0 Å². The van der Waals surface area contributed by atoms with Crippen molar-refractivity contribution in [1.82, 2.24) is 0 Å². The van der Waals surface area contributed by atoms with Crippen LogP contribution in [0.2, 0.25) is 0 Å². The third kappa shape index (κ3) is 26.0. The van der Waals surface area contributed by atoms with E-state index in [1.54, 1.807) is 0 Å². The van der Waals surface area contributed by atoms with Crippen LogP contribution in [-0.4, -0.2) is 6.61 Å². The van der Waals surface area contributed by atoms with Gasteiger partial charge >= 0.3 is 0 Å². The zero-order chi connectivity index (χ0) is 19.7. The number of rotatable bonds is 24. The number of hydrogen-bond donors (Lipinski definition) is 0. The maximum Gasteiger partial charge on any atom is 0.0836 e. The first-order chi connectivity index (χ1) is 13.4. The first-order valence-corrected chi connectivity index (χ1v) is 12.8. The lowest BCUT2D eigenvalue weighted by atomic mass is 10.0. The Bertz CT molecular complexity index is 214. The van der Waals surface area contributed by atoms with Gasteiger partial charge in [-0.05, 0) is 12.8 Å². The normalized spacial score (nSPS) is 11.3. The second-order valence-electron chi connectivity index (χ2n) is 8.54. The maximum atomic E-state index is 5.66. The van der Waals surface area contributed by atoms with Crippen LogP contribution in [0.25, 0.3) is 0 Å². The summed E-state index contributed by atoms with van der Waals surface area (Å²) in [6, 6.07) is 0. The highest BCUT2D eigenvalue weighted by Crippen LogP contribution is 2.13. The average Bonchev–Trinajstić information content (AvgIpc) is 2.68. The fraction of sp³-hybridized carbons (Fsp3) is 0.962. The van der Waals surface area contributed by atoms with E-state index in [2.05, 4.69) is 20.5 Å². The van der Waals surface area contributed by atoms with Crippen molar-refractivity contribution in [3.8, 4) is 0 Å². The van der Waals surface area contributed by atoms with Gasteiger partial charge in [0.15, 0.2) is 0 Å². The van der Waals surface area contributed by atoms with E-state index < -0.39 is 0 Å². The standard InChI is InChI=1S/C26H53O/c1-3-5-7-9-11-13-14-15-16-17-18-20-22-24-26-27-25-23-21-19-12-10-8-6-4-2/h26H,3-25H2,1-2H3. The van der Waals surface area contributed by atoms with Gasteiger partial charge in [0.25, 0.3) is 0 Å². The molecule has 0 unspecified atom stereocenters. The lowest BCUT2D eigenvalue weighted by Gasteiger charge is -2.05. The Kier molecular flexibility index (Phi) is 25.9. The molecule has 0 saturated carbocycles. The van der Waals surface area contributed by atoms with E-state index in [0.29, 0.717) is 0 Å². The predicted octanol–water partition coefficient (Wildman–Crippen LogP) is 9.79. The van der Waals surface area contributed by atoms with Crippen molar-refractivity contribution in [3.05, 3.63) is 6.61 Å². The molecule has 1 heteroatoms. The molecule has 0 aromatic heterocycles. The molecule has 0 fully saturated rings. The molecule has 0 rings (SSSR count). The van der Waals surface area contributed by atoms with E-state index in [9.17, 15) is 0 Å². The molecule has 0 N–H and O–H groups in total. The Balaban J connectivity index is 2.95. The van der Waals surface area contributed by atoms with E-state index in [1.165, 1.54) is 135 Å². The molecule has 0 aromatic carbocycles. The Morgan fingerprint density at radius 1 is 0.407 bits per heavy atom. The van der Waals surface area contributed by atoms with E-state index in [0.717, 1.165) is 13.0 Å². The molecule has 27 heavy (non-hydrogen) atoms. The molecule has 0 aromatic rings. The fourth-order valence-electron chi connectivity index (χ4n) is 3.73. The Labute approximate surface area is 173 Å². The van der Waals surface area contributed by atoms with Crippen molar-refractivity contribution in [1.29, 1.82) is 0 Å². The summed E-state index contributed by atoms with van der Waals surface area (Å²) < 4.78 is 5.66. The second kappa shape index (κ2) is 26.0. The summed E-state index contributed by atoms with van der Waals surface area (Å²) in [6.45, 7) is 7.59. The zero-order valence-corrected chi connectivity index (χ0v) is 19.2. The molecule has 0 spiro atoms. The summed E-state index contributed by atoms with van der Waals surface area (Å²) in [7, 11) is 0. The van der Waals surface area contributed by atoms with Gasteiger partial charge in [0.2, 0.25) is 0 Å². The van der Waals surface area contributed by atoms with Gasteiger partial charge in [-0.25, -0.2) is 0 Å². The van der Waals surface area contributed by atoms with E-state index in [-0.39, 0.29) is 0 Å². The average molecular weight is 382 g/mol. The number of hydrogen-bond acceptors (Lipinski definition) is 1. The number of unbranched alkanes of at least 4 members (excludes halogenated alkanes) is 20. The summed E-state index contributed by atoms with van der Waals surface area (Å²) >= 11 is 0. The zero-order valence-electron chi connectivity index (χ0n) is 19.2. The van der Waals surface area contributed by atoms with Crippen LogP contribution in [0.4, 0.5) is 0 Å². The smallest absolute Gasteiger partial charge is 0.0836 e. The summed E-state index contributed by atoms with van der Waals surface area (Å²) in [4.78, 5) is 0. The van der Waals surface area contributed by atoms with Gasteiger partial charge in [0, 0.05) is 6.61 Å². The molecule has 1 nitrogen and oxygen atoms in total. The van der Waals surface area contributed by atoms with Crippen molar-refractivity contribution in [3.63, 3.8) is 0 Å². The largest absolute Gasteiger partial charge is 0.376 e. The minimum atomic E-state index is 0.938. The SMILES string of the molecule is CCCCCCCCCCCCCCC[CH]OCCCCCCCCCC. The van der Waals surface area contributed by atoms with Crippen LogP contribution in [-0.2, 0) is 4.74 Å². The molecule has 0 heterocycles. The van der Waals surface area contributed by atoms with Crippen LogP contribution in [0.1, 0.15) is 155 Å². The van der Waals surface area contributed by atoms with Gasteiger partial charge in [-0.1, -0.05) is 142 Å². The highest BCUT2D eigenvalue weighted by Gasteiger charge is 1.96. The minimum absolute atomic E-state index is 0.938. The molecular weight excluding hydrogens is 328 g/mol. The molecule has 0 aliphatic rings. The highest BCUT2D eigenvalue weighted by molar-refractivity contribution is 4.54. The van der Waals surface area contributed by atoms with Crippen LogP contribution in [0.5, 0.6) is 0 Å². The van der Waals surface area contributed by atoms with Gasteiger partial charge in [0.05, 0.1) is 6.61 Å². The summed E-state index contributed by atoms with van der Waals surface area (Å²) in [6.07, 6.45) is 30.8. The third-order valence-electron chi connectivity index (χ3n) is 5.66. The summed E-state index contributed by atoms with van der Waals surface area (Å²) in [5.74, 6) is 0. The monoisotopic (exact) mass is 381 g/mol. The van der Waals surface area contributed by atoms with Gasteiger partial charge in [-0.15, -0.1) is 0 Å². The first-order valence-electron chi connectivity index (χ1n) is 12.8. The minimum Gasteiger partial charge on any atom is -0.376 e. The highest BCUT2D eigenvalue weighted by atomic mass is 16.5. The molecule has 0 amide bonds. The lowest BCUT2D eigenvalue weighted by Crippen LogP contribution is -1.92. The Morgan fingerprint density at radius 3 is 1.15 bits per heavy atom. The van der Waals surface area contributed by atoms with E-state index in [1.807, 2.05) is 0 Å². The van der Waals surface area contributed by atoms with Gasteiger partial charge in [-0.2, -0.15) is 0 Å². The van der Waals surface area contributed by atoms with Crippen molar-refractivity contribution in [2.45, 2.75) is 155 Å². The fourth-order valence-corrected chi connectivity index (χ4v) is 3.73. The molecule has 1 radical (unpaired) electrons. The van der Waals surface area contributed by atoms with Crippen LogP contribution in [0.15, 0.2) is 0 Å². The second-order valence-corrected chi connectivity index (χ2v) is 8.54. The number of ether oxygens (including phenoxy) is 1. The molecule has 0 atom stereocenters. The molecule has 0 bridgehead atoms. The van der Waals surface area contributed by atoms with E-state index >= 15 is 0 Å². The molecule has 0 aliphatic heterocycles. The van der Waals surface area contributed by atoms with Crippen LogP contribution >= 0.6 is 0 Å². The van der Waals surface area contributed by atoms with Crippen LogP contribution in [0, 0.1) is 6.61 Å². The van der Waals surface area contributed by atoms with Crippen molar-refractivity contribution in [2.75, 3.05) is 6.61 Å². The predicted molar refractivity (Wildman–Crippen MR) is 123 cm³/mol. The van der Waals surface area contributed by atoms with Gasteiger partial charge in [-0.3, -0.25) is 0 Å². The van der Waals surface area contributed by atoms with Gasteiger partial charge < -0.3 is 4.74 Å². The lowest BCUT2D eigenvalue weighted by molar-refractivity contribution is 0.183. The Morgan fingerprint density at radius 2 is 0.741 bits per heavy atom. The third-order valence-corrected chi connectivity index (χ3v) is 5.66. The molecule has 0 saturated heterocycles. The van der Waals surface area contributed by atoms with Crippen LogP contribution < -0.4 is 0 Å². The Hall–Kier alpha value is -0.0400. The summed E-state index contributed by atoms with van der Waals surface area (Å²) in [5, 5.41) is 0. The topological polar surface area (TPSA) is 9.23 Å². The van der Waals surface area contributed by atoms with Crippen molar-refractivity contribution >= 4 is 0 Å².